The first-order chi connectivity index (χ1) is 9.29. The zero-order valence-corrected chi connectivity index (χ0v) is 12.4. The largest absolute Gasteiger partial charge is 0.490 e. The quantitative estimate of drug-likeness (QED) is 0.635. The fourth-order valence-electron chi connectivity index (χ4n) is 1.80. The molecule has 0 atom stereocenters. The molecular weight excluding hydrogens is 252 g/mol. The summed E-state index contributed by atoms with van der Waals surface area (Å²) in [7, 11) is 0. The Balaban J connectivity index is 1.91. The zero-order valence-electron chi connectivity index (χ0n) is 11.6. The molecule has 0 saturated carbocycles. The summed E-state index contributed by atoms with van der Waals surface area (Å²) in [6.45, 7) is 4.96. The van der Waals surface area contributed by atoms with Gasteiger partial charge in [-0.2, -0.15) is 0 Å². The third-order valence-corrected chi connectivity index (χ3v) is 3.90. The van der Waals surface area contributed by atoms with Crippen molar-refractivity contribution in [3.8, 4) is 16.2 Å². The lowest BCUT2D eigenvalue weighted by molar-refractivity contribution is 0.362. The lowest BCUT2D eigenvalue weighted by Gasteiger charge is -2.04. The van der Waals surface area contributed by atoms with Gasteiger partial charge in [-0.15, -0.1) is 11.3 Å². The van der Waals surface area contributed by atoms with Crippen LogP contribution >= 0.6 is 11.3 Å². The van der Waals surface area contributed by atoms with Crippen LogP contribution in [0.15, 0.2) is 48.6 Å². The van der Waals surface area contributed by atoms with Crippen LogP contribution in [-0.2, 0) is 0 Å². The average Bonchev–Trinajstić information content (AvgIpc) is 2.86. The van der Waals surface area contributed by atoms with Crippen molar-refractivity contribution in [3.05, 3.63) is 53.4 Å². The first-order valence-electron chi connectivity index (χ1n) is 6.74. The molecule has 0 radical (unpaired) electrons. The van der Waals surface area contributed by atoms with Gasteiger partial charge in [-0.05, 0) is 55.3 Å². The van der Waals surface area contributed by atoms with Crippen LogP contribution in [0.3, 0.4) is 0 Å². The number of rotatable bonds is 6. The van der Waals surface area contributed by atoms with Crippen LogP contribution in [-0.4, -0.2) is 6.61 Å². The van der Waals surface area contributed by atoms with Gasteiger partial charge >= 0.3 is 0 Å². The standard InChI is InChI=1S/C17H20OS/c1-3-4-5-6-13-18-16-10-8-15(9-11-16)17-12-7-14(2)19-17/h5-12H,3-4,13H2,1-2H3/b6-5+. The Bertz CT molecular complexity index is 522. The number of benzene rings is 1. The molecule has 1 nitrogen and oxygen atoms in total. The van der Waals surface area contributed by atoms with Crippen molar-refractivity contribution < 1.29 is 4.74 Å². The van der Waals surface area contributed by atoms with Crippen LogP contribution < -0.4 is 4.74 Å². The number of hydrogen-bond donors (Lipinski definition) is 0. The summed E-state index contributed by atoms with van der Waals surface area (Å²) in [5, 5.41) is 0. The van der Waals surface area contributed by atoms with Gasteiger partial charge in [-0.1, -0.05) is 25.5 Å². The highest BCUT2D eigenvalue weighted by Crippen LogP contribution is 2.28. The van der Waals surface area contributed by atoms with E-state index in [1.165, 1.54) is 21.7 Å². The van der Waals surface area contributed by atoms with Gasteiger partial charge in [-0.3, -0.25) is 0 Å². The molecule has 0 unspecified atom stereocenters. The van der Waals surface area contributed by atoms with Gasteiger partial charge in [-0.25, -0.2) is 0 Å². The molecule has 1 heterocycles. The Hall–Kier alpha value is -1.54. The maximum absolute atomic E-state index is 5.67. The number of aryl methyl sites for hydroxylation is 1. The second kappa shape index (κ2) is 7.15. The molecule has 0 fully saturated rings. The Morgan fingerprint density at radius 1 is 1.05 bits per heavy atom. The van der Waals surface area contributed by atoms with E-state index in [-0.39, 0.29) is 0 Å². The molecule has 0 aliphatic carbocycles. The minimum Gasteiger partial charge on any atom is -0.490 e. The zero-order chi connectivity index (χ0) is 13.5. The van der Waals surface area contributed by atoms with Crippen molar-refractivity contribution in [2.45, 2.75) is 26.7 Å². The van der Waals surface area contributed by atoms with Crippen molar-refractivity contribution in [1.82, 2.24) is 0 Å². The summed E-state index contributed by atoms with van der Waals surface area (Å²) in [5.74, 6) is 0.929. The first-order valence-corrected chi connectivity index (χ1v) is 7.56. The molecule has 0 spiro atoms. The summed E-state index contributed by atoms with van der Waals surface area (Å²) in [6, 6.07) is 12.6. The van der Waals surface area contributed by atoms with Gasteiger partial charge in [0, 0.05) is 9.75 Å². The highest BCUT2D eigenvalue weighted by atomic mass is 32.1. The Morgan fingerprint density at radius 2 is 1.84 bits per heavy atom. The van der Waals surface area contributed by atoms with E-state index in [2.05, 4.69) is 50.3 Å². The molecule has 19 heavy (non-hydrogen) atoms. The van der Waals surface area contributed by atoms with Crippen LogP contribution in [0.5, 0.6) is 5.75 Å². The van der Waals surface area contributed by atoms with E-state index in [1.54, 1.807) is 0 Å². The summed E-state index contributed by atoms with van der Waals surface area (Å²) in [4.78, 5) is 2.66. The highest BCUT2D eigenvalue weighted by Gasteiger charge is 2.00. The van der Waals surface area contributed by atoms with Crippen molar-refractivity contribution in [1.29, 1.82) is 0 Å². The van der Waals surface area contributed by atoms with Gasteiger partial charge in [0.05, 0.1) is 0 Å². The second-order valence-corrected chi connectivity index (χ2v) is 5.79. The summed E-state index contributed by atoms with van der Waals surface area (Å²) in [6.07, 6.45) is 6.56. The normalized spacial score (nSPS) is 11.1. The molecule has 1 aromatic carbocycles. The monoisotopic (exact) mass is 272 g/mol. The molecule has 0 bridgehead atoms. The van der Waals surface area contributed by atoms with E-state index in [4.69, 9.17) is 4.74 Å². The van der Waals surface area contributed by atoms with Crippen molar-refractivity contribution in [3.63, 3.8) is 0 Å². The molecule has 0 aliphatic rings. The van der Waals surface area contributed by atoms with Crippen molar-refractivity contribution in [2.75, 3.05) is 6.61 Å². The van der Waals surface area contributed by atoms with Crippen LogP contribution in [0.2, 0.25) is 0 Å². The third-order valence-electron chi connectivity index (χ3n) is 2.85. The predicted molar refractivity (Wildman–Crippen MR) is 84.0 cm³/mol. The fourth-order valence-corrected chi connectivity index (χ4v) is 2.67. The average molecular weight is 272 g/mol. The van der Waals surface area contributed by atoms with Crippen LogP contribution in [0, 0.1) is 6.92 Å². The molecule has 0 saturated heterocycles. The second-order valence-electron chi connectivity index (χ2n) is 4.51. The van der Waals surface area contributed by atoms with Crippen LogP contribution in [0.4, 0.5) is 0 Å². The van der Waals surface area contributed by atoms with Crippen LogP contribution in [0.1, 0.15) is 24.6 Å². The summed E-state index contributed by atoms with van der Waals surface area (Å²) < 4.78 is 5.67. The Morgan fingerprint density at radius 3 is 2.47 bits per heavy atom. The first kappa shape index (κ1) is 13.9. The molecule has 1 aromatic heterocycles. The fraction of sp³-hybridized carbons (Fsp3) is 0.294. The van der Waals surface area contributed by atoms with Gasteiger partial charge in [0.15, 0.2) is 0 Å². The number of unbranched alkanes of at least 4 members (excludes halogenated alkanes) is 1. The third kappa shape index (κ3) is 4.25. The summed E-state index contributed by atoms with van der Waals surface area (Å²) in [5.41, 5.74) is 1.26. The van der Waals surface area contributed by atoms with Crippen LogP contribution in [0.25, 0.3) is 10.4 Å². The van der Waals surface area contributed by atoms with E-state index < -0.39 is 0 Å². The Labute approximate surface area is 119 Å². The number of hydrogen-bond acceptors (Lipinski definition) is 2. The van der Waals surface area contributed by atoms with E-state index in [0.29, 0.717) is 6.61 Å². The van der Waals surface area contributed by atoms with E-state index in [0.717, 1.165) is 12.2 Å². The molecule has 0 amide bonds. The molecule has 0 aliphatic heterocycles. The number of thiophene rings is 1. The number of ether oxygens (including phenoxy) is 1. The Kier molecular flexibility index (Phi) is 5.22. The molecule has 2 heteroatoms. The molecule has 2 aromatic rings. The lowest BCUT2D eigenvalue weighted by atomic mass is 10.2. The van der Waals surface area contributed by atoms with E-state index in [9.17, 15) is 0 Å². The minimum atomic E-state index is 0.650. The van der Waals surface area contributed by atoms with E-state index in [1.807, 2.05) is 23.5 Å². The van der Waals surface area contributed by atoms with Crippen molar-refractivity contribution >= 4 is 11.3 Å². The predicted octanol–water partition coefficient (Wildman–Crippen LogP) is 5.46. The SMILES string of the molecule is CCC/C=C/COc1ccc(-c2ccc(C)s2)cc1. The molecular formula is C17H20OS. The maximum Gasteiger partial charge on any atom is 0.119 e. The highest BCUT2D eigenvalue weighted by molar-refractivity contribution is 7.15. The number of allylic oxidation sites excluding steroid dienone is 1. The van der Waals surface area contributed by atoms with E-state index >= 15 is 0 Å². The smallest absolute Gasteiger partial charge is 0.119 e. The summed E-state index contributed by atoms with van der Waals surface area (Å²) >= 11 is 1.82. The topological polar surface area (TPSA) is 9.23 Å². The van der Waals surface area contributed by atoms with Gasteiger partial charge in [0.25, 0.3) is 0 Å². The van der Waals surface area contributed by atoms with Gasteiger partial charge in [0.1, 0.15) is 12.4 Å². The van der Waals surface area contributed by atoms with Crippen molar-refractivity contribution in [2.24, 2.45) is 0 Å². The maximum atomic E-state index is 5.67. The molecule has 0 N–H and O–H groups in total. The molecule has 2 rings (SSSR count). The minimum absolute atomic E-state index is 0.650. The van der Waals surface area contributed by atoms with Gasteiger partial charge in [0.2, 0.25) is 0 Å². The van der Waals surface area contributed by atoms with Gasteiger partial charge < -0.3 is 4.74 Å². The molecule has 100 valence electrons. The lowest BCUT2D eigenvalue weighted by Crippen LogP contribution is -1.92.